The molecule has 0 saturated carbocycles. The van der Waals surface area contributed by atoms with Gasteiger partial charge in [-0.1, -0.05) is 0 Å². The van der Waals surface area contributed by atoms with Crippen molar-refractivity contribution in [1.29, 1.82) is 0 Å². The Morgan fingerprint density at radius 2 is 1.90 bits per heavy atom. The minimum absolute atomic E-state index is 0.0790. The highest BCUT2D eigenvalue weighted by atomic mass is 31.2. The smallest absolute Gasteiger partial charge is 0.295 e. The van der Waals surface area contributed by atoms with Gasteiger partial charge in [0, 0.05) is 0 Å². The first-order valence-corrected chi connectivity index (χ1v) is 4.33. The fraction of sp³-hybridized carbons (Fsp3) is 0.500. The summed E-state index contributed by atoms with van der Waals surface area (Å²) < 4.78 is 0. The molecular formula is C4H8O5P+. The van der Waals surface area contributed by atoms with Crippen molar-refractivity contribution in [2.75, 3.05) is 6.16 Å². The van der Waals surface area contributed by atoms with Crippen molar-refractivity contribution < 1.29 is 24.3 Å². The van der Waals surface area contributed by atoms with E-state index >= 15 is 0 Å². The summed E-state index contributed by atoms with van der Waals surface area (Å²) in [6, 6.07) is 0. The summed E-state index contributed by atoms with van der Waals surface area (Å²) >= 11 is 0. The van der Waals surface area contributed by atoms with Crippen molar-refractivity contribution in [2.24, 2.45) is 0 Å². The van der Waals surface area contributed by atoms with E-state index in [1.807, 2.05) is 0 Å². The molecule has 0 aromatic rings. The van der Waals surface area contributed by atoms with Gasteiger partial charge in [0.05, 0.1) is 6.42 Å². The molecule has 0 bridgehead atoms. The van der Waals surface area contributed by atoms with Gasteiger partial charge in [-0.15, -0.1) is 0 Å². The van der Waals surface area contributed by atoms with Gasteiger partial charge in [0.2, 0.25) is 0 Å². The molecular weight excluding hydrogens is 159 g/mol. The van der Waals surface area contributed by atoms with Crippen molar-refractivity contribution >= 4 is 20.0 Å². The third-order valence-electron chi connectivity index (χ3n) is 0.790. The molecule has 0 fully saturated rings. The van der Waals surface area contributed by atoms with Crippen molar-refractivity contribution in [2.45, 2.75) is 6.42 Å². The number of ketones is 1. The predicted molar refractivity (Wildman–Crippen MR) is 34.1 cm³/mol. The Bertz CT molecular complexity index is 137. The lowest BCUT2D eigenvalue weighted by molar-refractivity contribution is -0.129. The summed E-state index contributed by atoms with van der Waals surface area (Å²) in [7, 11) is -3.86. The molecule has 0 heterocycles. The topological polar surface area (TPSA) is 94.8 Å². The molecule has 58 valence electrons. The Balaban J connectivity index is 3.55. The Morgan fingerprint density at radius 1 is 1.40 bits per heavy atom. The highest BCUT2D eigenvalue weighted by Crippen LogP contribution is 2.44. The first-order chi connectivity index (χ1) is 4.45. The average Bonchev–Trinajstić information content (AvgIpc) is 1.81. The van der Waals surface area contributed by atoms with E-state index in [4.69, 9.17) is 14.7 Å². The molecule has 0 rings (SSSR count). The van der Waals surface area contributed by atoms with Crippen LogP contribution in [0.2, 0.25) is 0 Å². The molecule has 3 N–H and O–H groups in total. The molecule has 0 aliphatic rings. The predicted octanol–water partition coefficient (Wildman–Crippen LogP) is -1.12. The van der Waals surface area contributed by atoms with Gasteiger partial charge in [-0.05, 0) is 0 Å². The summed E-state index contributed by atoms with van der Waals surface area (Å²) in [5.74, 6) is -0.749. The van der Waals surface area contributed by atoms with Gasteiger partial charge in [0.25, 0.3) is 0 Å². The Kier molecular flexibility index (Phi) is 3.60. The lowest BCUT2D eigenvalue weighted by Crippen LogP contribution is -2.04. The SMILES string of the molecule is O=CC(=O)CC[P+](O)(O)O. The van der Waals surface area contributed by atoms with Crippen LogP contribution in [-0.2, 0) is 9.59 Å². The van der Waals surface area contributed by atoms with Crippen LogP contribution in [0.25, 0.3) is 0 Å². The van der Waals surface area contributed by atoms with Crippen LogP contribution in [0.5, 0.6) is 0 Å². The van der Waals surface area contributed by atoms with E-state index in [9.17, 15) is 9.59 Å². The van der Waals surface area contributed by atoms with Gasteiger partial charge < -0.3 is 0 Å². The standard InChI is InChI=1S/C4H8O5P/c5-3-4(6)1-2-10(7,8)9/h3,7-9H,1-2H2/q+1. The number of Topliss-reactive ketones (excluding diaryl/α,β-unsaturated/α-hetero) is 1. The number of hydrogen-bond acceptors (Lipinski definition) is 5. The highest BCUT2D eigenvalue weighted by molar-refractivity contribution is 7.58. The molecule has 0 radical (unpaired) electrons. The van der Waals surface area contributed by atoms with Crippen molar-refractivity contribution in [3.63, 3.8) is 0 Å². The van der Waals surface area contributed by atoms with Gasteiger partial charge >= 0.3 is 7.94 Å². The summed E-state index contributed by atoms with van der Waals surface area (Å²) in [4.78, 5) is 44.8. The third-order valence-corrected chi connectivity index (χ3v) is 1.61. The van der Waals surface area contributed by atoms with Crippen molar-refractivity contribution in [1.82, 2.24) is 0 Å². The summed E-state index contributed by atoms with van der Waals surface area (Å²) in [5, 5.41) is 0. The van der Waals surface area contributed by atoms with Gasteiger partial charge in [0.15, 0.2) is 12.1 Å². The normalized spacial score (nSPS) is 11.1. The Hall–Kier alpha value is -0.350. The Morgan fingerprint density at radius 3 is 2.20 bits per heavy atom. The summed E-state index contributed by atoms with van der Waals surface area (Å²) in [6.07, 6.45) is -0.680. The number of carbonyl (C=O) groups excluding carboxylic acids is 2. The van der Waals surface area contributed by atoms with Gasteiger partial charge in [-0.25, -0.2) is 0 Å². The van der Waals surface area contributed by atoms with E-state index in [-0.39, 0.29) is 12.7 Å². The Labute approximate surface area is 57.9 Å². The number of hydrogen-bond donors (Lipinski definition) is 3. The molecule has 0 spiro atoms. The highest BCUT2D eigenvalue weighted by Gasteiger charge is 2.29. The zero-order valence-corrected chi connectivity index (χ0v) is 5.99. The van der Waals surface area contributed by atoms with Crippen molar-refractivity contribution in [3.8, 4) is 0 Å². The maximum atomic E-state index is 10.2. The van der Waals surface area contributed by atoms with E-state index in [2.05, 4.69) is 0 Å². The van der Waals surface area contributed by atoms with E-state index in [1.54, 1.807) is 0 Å². The first-order valence-electron chi connectivity index (χ1n) is 2.50. The number of aldehydes is 1. The zero-order valence-electron chi connectivity index (χ0n) is 5.10. The van der Waals surface area contributed by atoms with Crippen LogP contribution in [-0.4, -0.2) is 32.9 Å². The molecule has 0 amide bonds. The second-order valence-corrected chi connectivity index (χ2v) is 3.58. The van der Waals surface area contributed by atoms with Crippen LogP contribution in [0.15, 0.2) is 0 Å². The number of carbonyl (C=O) groups is 2. The molecule has 0 unspecified atom stereocenters. The van der Waals surface area contributed by atoms with Crippen LogP contribution < -0.4 is 0 Å². The minimum atomic E-state index is -3.86. The van der Waals surface area contributed by atoms with Crippen LogP contribution >= 0.6 is 7.94 Å². The van der Waals surface area contributed by atoms with Gasteiger partial charge in [-0.2, -0.15) is 14.7 Å². The fourth-order valence-corrected chi connectivity index (χ4v) is 0.840. The lowest BCUT2D eigenvalue weighted by atomic mass is 10.3. The fourth-order valence-electron chi connectivity index (χ4n) is 0.319. The quantitative estimate of drug-likeness (QED) is 0.280. The van der Waals surface area contributed by atoms with Gasteiger partial charge in [-0.3, -0.25) is 9.59 Å². The molecule has 0 saturated heterocycles. The third kappa shape index (κ3) is 5.78. The molecule has 0 aromatic carbocycles. The van der Waals surface area contributed by atoms with E-state index < -0.39 is 19.9 Å². The van der Waals surface area contributed by atoms with Gasteiger partial charge in [0.1, 0.15) is 6.16 Å². The van der Waals surface area contributed by atoms with Crippen LogP contribution in [0, 0.1) is 0 Å². The largest absolute Gasteiger partial charge is 0.404 e. The summed E-state index contributed by atoms with van der Waals surface area (Å²) in [6.45, 7) is 0. The van der Waals surface area contributed by atoms with E-state index in [1.165, 1.54) is 0 Å². The molecule has 10 heavy (non-hydrogen) atoms. The number of rotatable bonds is 4. The maximum absolute atomic E-state index is 10.2. The van der Waals surface area contributed by atoms with Crippen LogP contribution in [0.4, 0.5) is 0 Å². The minimum Gasteiger partial charge on any atom is -0.295 e. The second-order valence-electron chi connectivity index (χ2n) is 1.75. The van der Waals surface area contributed by atoms with E-state index in [0.717, 1.165) is 0 Å². The lowest BCUT2D eigenvalue weighted by Gasteiger charge is -1.99. The molecule has 5 nitrogen and oxygen atoms in total. The molecule has 0 atom stereocenters. The van der Waals surface area contributed by atoms with E-state index in [0.29, 0.717) is 0 Å². The monoisotopic (exact) mass is 167 g/mol. The molecule has 0 aliphatic carbocycles. The summed E-state index contributed by atoms with van der Waals surface area (Å²) in [5.41, 5.74) is 0. The second kappa shape index (κ2) is 3.73. The van der Waals surface area contributed by atoms with Crippen LogP contribution in [0.3, 0.4) is 0 Å². The van der Waals surface area contributed by atoms with Crippen molar-refractivity contribution in [3.05, 3.63) is 0 Å². The van der Waals surface area contributed by atoms with Crippen LogP contribution in [0.1, 0.15) is 6.42 Å². The molecule has 0 aliphatic heterocycles. The first kappa shape index (κ1) is 9.65. The maximum Gasteiger partial charge on any atom is 0.404 e. The molecule has 0 aromatic heterocycles. The zero-order chi connectivity index (χ0) is 8.20. The molecule has 6 heteroatoms. The average molecular weight is 167 g/mol.